The summed E-state index contributed by atoms with van der Waals surface area (Å²) in [5.41, 5.74) is 8.57. The quantitative estimate of drug-likeness (QED) is 0.738. The second kappa shape index (κ2) is 7.31. The summed E-state index contributed by atoms with van der Waals surface area (Å²) < 4.78 is 17.6. The highest BCUT2D eigenvalue weighted by atomic mass is 19.2. The standard InChI is InChI=1S/C16H18FN3O2/c1-2-22-16(21)20-15-8-7-13(9-14(15)18)19-10-11-3-5-12(17)6-4-11/h3-9,19H,2,10,18H2,1H3,(H,20,21)/i3+1,4+1,5+1,6+1,11+1,12+1. The van der Waals surface area contributed by atoms with Gasteiger partial charge >= 0.3 is 6.09 Å². The number of ether oxygens (including phenoxy) is 1. The fourth-order valence-corrected chi connectivity index (χ4v) is 1.87. The molecule has 0 unspecified atom stereocenters. The van der Waals surface area contributed by atoms with Crippen molar-refractivity contribution in [2.24, 2.45) is 0 Å². The zero-order valence-corrected chi connectivity index (χ0v) is 12.2. The molecular weight excluding hydrogens is 291 g/mol. The average Bonchev–Trinajstić information content (AvgIpc) is 2.49. The normalized spacial score (nSPS) is 10.1. The third-order valence-electron chi connectivity index (χ3n) is 2.97. The number of carbonyl (C=O) groups excluding carboxylic acids is 1. The molecule has 0 aromatic heterocycles. The van der Waals surface area contributed by atoms with E-state index in [4.69, 9.17) is 10.5 Å². The lowest BCUT2D eigenvalue weighted by molar-refractivity contribution is 0.168. The predicted octanol–water partition coefficient (Wildman–Crippen LogP) is 3.59. The highest BCUT2D eigenvalue weighted by Gasteiger charge is 2.06. The van der Waals surface area contributed by atoms with E-state index in [1.165, 1.54) is 12.1 Å². The van der Waals surface area contributed by atoms with E-state index in [0.29, 0.717) is 24.5 Å². The summed E-state index contributed by atoms with van der Waals surface area (Å²) >= 11 is 0. The molecule has 0 aliphatic rings. The molecule has 2 aromatic rings. The first-order valence-electron chi connectivity index (χ1n) is 6.90. The number of rotatable bonds is 5. The van der Waals surface area contributed by atoms with Gasteiger partial charge in [0.1, 0.15) is 5.82 Å². The van der Waals surface area contributed by atoms with Gasteiger partial charge in [-0.25, -0.2) is 9.18 Å². The maximum atomic E-state index is 12.8. The number of nitrogens with one attached hydrogen (secondary N) is 2. The van der Waals surface area contributed by atoms with Crippen LogP contribution in [-0.4, -0.2) is 12.7 Å². The van der Waals surface area contributed by atoms with Gasteiger partial charge in [0.15, 0.2) is 0 Å². The van der Waals surface area contributed by atoms with Gasteiger partial charge in [0.25, 0.3) is 0 Å². The molecule has 2 rings (SSSR count). The third kappa shape index (κ3) is 4.37. The minimum absolute atomic E-state index is 0.262. The fourth-order valence-electron chi connectivity index (χ4n) is 1.87. The van der Waals surface area contributed by atoms with Gasteiger partial charge in [0.05, 0.1) is 18.0 Å². The molecule has 0 spiro atoms. The van der Waals surface area contributed by atoms with E-state index in [1.807, 2.05) is 0 Å². The van der Waals surface area contributed by atoms with Crippen LogP contribution in [0.25, 0.3) is 0 Å². The van der Waals surface area contributed by atoms with Crippen molar-refractivity contribution < 1.29 is 13.9 Å². The Morgan fingerprint density at radius 2 is 1.95 bits per heavy atom. The van der Waals surface area contributed by atoms with E-state index in [0.717, 1.165) is 11.3 Å². The number of anilines is 3. The van der Waals surface area contributed by atoms with Crippen molar-refractivity contribution in [2.45, 2.75) is 13.5 Å². The van der Waals surface area contributed by atoms with Crippen molar-refractivity contribution in [3.63, 3.8) is 0 Å². The van der Waals surface area contributed by atoms with Crippen LogP contribution in [0.4, 0.5) is 26.2 Å². The number of hydrogen-bond donors (Lipinski definition) is 3. The zero-order chi connectivity index (χ0) is 15.9. The van der Waals surface area contributed by atoms with E-state index in [-0.39, 0.29) is 5.82 Å². The molecule has 0 aliphatic heterocycles. The summed E-state index contributed by atoms with van der Waals surface area (Å²) in [6.07, 6.45) is -0.541. The molecule has 22 heavy (non-hydrogen) atoms. The molecule has 0 atom stereocenters. The lowest BCUT2D eigenvalue weighted by Gasteiger charge is -2.11. The van der Waals surface area contributed by atoms with Gasteiger partial charge in [0, 0.05) is 12.2 Å². The maximum Gasteiger partial charge on any atom is 0.411 e. The Balaban J connectivity index is 1.97. The fraction of sp³-hybridized carbons (Fsp3) is 0.188. The van der Waals surface area contributed by atoms with Gasteiger partial charge in [0.2, 0.25) is 0 Å². The Hall–Kier alpha value is -2.76. The van der Waals surface area contributed by atoms with E-state index in [2.05, 4.69) is 10.6 Å². The van der Waals surface area contributed by atoms with Crippen molar-refractivity contribution >= 4 is 23.2 Å². The first-order valence-corrected chi connectivity index (χ1v) is 6.90. The Morgan fingerprint density at radius 1 is 1.23 bits per heavy atom. The number of carbonyl (C=O) groups is 1. The van der Waals surface area contributed by atoms with Crippen LogP contribution < -0.4 is 16.4 Å². The van der Waals surface area contributed by atoms with Crippen LogP contribution >= 0.6 is 0 Å². The Bertz CT molecular complexity index is 644. The number of nitrogens with two attached hydrogens (primary N) is 1. The number of hydrogen-bond acceptors (Lipinski definition) is 4. The maximum absolute atomic E-state index is 12.8. The largest absolute Gasteiger partial charge is 0.450 e. The van der Waals surface area contributed by atoms with Gasteiger partial charge in [-0.2, -0.15) is 0 Å². The first kappa shape index (κ1) is 15.6. The predicted molar refractivity (Wildman–Crippen MR) is 85.2 cm³/mol. The molecule has 0 heterocycles. The monoisotopic (exact) mass is 309 g/mol. The summed E-state index contributed by atoms with van der Waals surface area (Å²) in [6.45, 7) is 2.57. The molecule has 2 aromatic carbocycles. The molecule has 4 N–H and O–H groups in total. The van der Waals surface area contributed by atoms with Crippen molar-refractivity contribution in [1.82, 2.24) is 0 Å². The molecular formula is C16H18FN3O2. The summed E-state index contributed by atoms with van der Waals surface area (Å²) in [7, 11) is 0. The van der Waals surface area contributed by atoms with Gasteiger partial charge < -0.3 is 15.8 Å². The van der Waals surface area contributed by atoms with E-state index < -0.39 is 6.09 Å². The number of halogens is 1. The molecule has 6 heteroatoms. The van der Waals surface area contributed by atoms with Crippen LogP contribution in [0.1, 0.15) is 12.5 Å². The summed E-state index contributed by atoms with van der Waals surface area (Å²) in [5.74, 6) is -0.262. The van der Waals surface area contributed by atoms with Crippen molar-refractivity contribution in [3.05, 3.63) is 53.8 Å². The van der Waals surface area contributed by atoms with Crippen LogP contribution in [0, 0.1) is 5.82 Å². The molecule has 0 radical (unpaired) electrons. The van der Waals surface area contributed by atoms with E-state index in [1.54, 1.807) is 37.3 Å². The summed E-state index contributed by atoms with van der Waals surface area (Å²) in [6, 6.07) is 11.5. The topological polar surface area (TPSA) is 76.4 Å². The average molecular weight is 309 g/mol. The molecule has 0 aliphatic carbocycles. The van der Waals surface area contributed by atoms with Crippen LogP contribution in [0.3, 0.4) is 0 Å². The summed E-state index contributed by atoms with van der Waals surface area (Å²) in [5, 5.41) is 5.74. The number of nitrogen functional groups attached to an aromatic ring is 1. The molecule has 116 valence electrons. The number of benzene rings is 2. The van der Waals surface area contributed by atoms with Crippen molar-refractivity contribution in [3.8, 4) is 0 Å². The van der Waals surface area contributed by atoms with Crippen molar-refractivity contribution in [2.75, 3.05) is 23.0 Å². The molecule has 0 saturated carbocycles. The van der Waals surface area contributed by atoms with Gasteiger partial charge in [-0.1, -0.05) is 12.1 Å². The molecule has 0 bridgehead atoms. The minimum Gasteiger partial charge on any atom is -0.450 e. The lowest BCUT2D eigenvalue weighted by Crippen LogP contribution is -2.14. The first-order chi connectivity index (χ1) is 10.6. The second-order valence-electron chi connectivity index (χ2n) is 4.63. The van der Waals surface area contributed by atoms with Crippen LogP contribution in [0.15, 0.2) is 42.5 Å². The lowest BCUT2D eigenvalue weighted by atomic mass is 10.2. The number of amides is 1. The van der Waals surface area contributed by atoms with Crippen LogP contribution in [0.2, 0.25) is 0 Å². The van der Waals surface area contributed by atoms with Gasteiger partial charge in [-0.15, -0.1) is 0 Å². The SMILES string of the molecule is CCOC(=O)Nc1ccc(NC[13c]2[13cH][13cH][13c](F)[13cH][13cH]2)cc1N. The molecule has 5 nitrogen and oxygen atoms in total. The molecule has 1 amide bonds. The van der Waals surface area contributed by atoms with Gasteiger partial charge in [-0.05, 0) is 42.8 Å². The Labute approximate surface area is 128 Å². The van der Waals surface area contributed by atoms with E-state index >= 15 is 0 Å². The Kier molecular flexibility index (Phi) is 5.19. The minimum atomic E-state index is -0.541. The highest BCUT2D eigenvalue weighted by Crippen LogP contribution is 2.23. The summed E-state index contributed by atoms with van der Waals surface area (Å²) in [4.78, 5) is 11.4. The van der Waals surface area contributed by atoms with Crippen LogP contribution in [0.5, 0.6) is 0 Å². The van der Waals surface area contributed by atoms with Gasteiger partial charge in [-0.3, -0.25) is 5.32 Å². The zero-order valence-electron chi connectivity index (χ0n) is 12.2. The molecule has 0 fully saturated rings. The highest BCUT2D eigenvalue weighted by molar-refractivity contribution is 5.89. The Morgan fingerprint density at radius 3 is 2.59 bits per heavy atom. The smallest absolute Gasteiger partial charge is 0.411 e. The second-order valence-corrected chi connectivity index (χ2v) is 4.63. The van der Waals surface area contributed by atoms with Crippen molar-refractivity contribution in [1.29, 1.82) is 0 Å². The van der Waals surface area contributed by atoms with Crippen LogP contribution in [-0.2, 0) is 11.3 Å². The molecule has 0 saturated heterocycles. The third-order valence-corrected chi connectivity index (χ3v) is 2.97. The van der Waals surface area contributed by atoms with E-state index in [9.17, 15) is 9.18 Å².